The number of nitrogens with zero attached hydrogens (tertiary/aromatic N) is 2. The molecule has 0 aliphatic carbocycles. The number of nitrogens with one attached hydrogen (secondary N) is 1. The first-order chi connectivity index (χ1) is 16.8. The second-order valence-electron chi connectivity index (χ2n) is 8.43. The van der Waals surface area contributed by atoms with Crippen molar-refractivity contribution in [3.8, 4) is 11.5 Å². The smallest absolute Gasteiger partial charge is 0.318 e. The third-order valence-corrected chi connectivity index (χ3v) is 5.71. The highest BCUT2D eigenvalue weighted by Gasteiger charge is 2.06. The standard InChI is InChI=1S/C27H38N4O4/c1-30(17-14-22-18-24(34-3)20-25(19-22)35-4)16-6-5-15-29-26(32)9-7-8-21-10-12-23(13-11-21)31(2)27(28)33/h7-8,10-13,18-20H,5-6,9,14-17H2,1-4H3,(H2,28,33)(H,29,32)/b8-7+. The fraction of sp³-hybridized carbons (Fsp3) is 0.407. The van der Waals surface area contributed by atoms with Gasteiger partial charge in [0.15, 0.2) is 0 Å². The average molecular weight is 483 g/mol. The molecule has 0 unspecified atom stereocenters. The van der Waals surface area contributed by atoms with Crippen LogP contribution >= 0.6 is 0 Å². The number of rotatable bonds is 14. The summed E-state index contributed by atoms with van der Waals surface area (Å²) in [6.07, 6.45) is 6.91. The largest absolute Gasteiger partial charge is 0.497 e. The number of methoxy groups -OCH3 is 2. The molecule has 0 aliphatic heterocycles. The maximum absolute atomic E-state index is 12.1. The number of anilines is 1. The first kappa shape index (κ1) is 27.7. The zero-order valence-electron chi connectivity index (χ0n) is 21.3. The molecular formula is C27H38N4O4. The number of nitrogens with two attached hydrogens (primary N) is 1. The van der Waals surface area contributed by atoms with Crippen LogP contribution in [0.4, 0.5) is 10.5 Å². The van der Waals surface area contributed by atoms with Crippen LogP contribution in [0.15, 0.2) is 48.5 Å². The maximum Gasteiger partial charge on any atom is 0.318 e. The highest BCUT2D eigenvalue weighted by molar-refractivity contribution is 5.90. The molecule has 0 heterocycles. The zero-order valence-corrected chi connectivity index (χ0v) is 21.3. The molecule has 3 amide bonds. The van der Waals surface area contributed by atoms with Crippen molar-refractivity contribution in [2.24, 2.45) is 5.73 Å². The molecular weight excluding hydrogens is 444 g/mol. The van der Waals surface area contributed by atoms with Crippen molar-refractivity contribution < 1.29 is 19.1 Å². The first-order valence-electron chi connectivity index (χ1n) is 11.8. The topological polar surface area (TPSA) is 97.1 Å². The Morgan fingerprint density at radius 2 is 1.63 bits per heavy atom. The van der Waals surface area contributed by atoms with Crippen LogP contribution in [0.2, 0.25) is 0 Å². The maximum atomic E-state index is 12.1. The summed E-state index contributed by atoms with van der Waals surface area (Å²) in [5.41, 5.74) is 8.12. The van der Waals surface area contributed by atoms with Gasteiger partial charge in [-0.15, -0.1) is 0 Å². The van der Waals surface area contributed by atoms with Crippen molar-refractivity contribution in [1.29, 1.82) is 0 Å². The van der Waals surface area contributed by atoms with Gasteiger partial charge in [0.1, 0.15) is 11.5 Å². The second-order valence-corrected chi connectivity index (χ2v) is 8.43. The van der Waals surface area contributed by atoms with Crippen LogP contribution < -0.4 is 25.4 Å². The monoisotopic (exact) mass is 482 g/mol. The van der Waals surface area contributed by atoms with Crippen molar-refractivity contribution in [2.75, 3.05) is 52.8 Å². The zero-order chi connectivity index (χ0) is 25.6. The van der Waals surface area contributed by atoms with Gasteiger partial charge in [-0.25, -0.2) is 4.79 Å². The van der Waals surface area contributed by atoms with E-state index in [2.05, 4.69) is 17.3 Å². The van der Waals surface area contributed by atoms with Crippen molar-refractivity contribution in [3.63, 3.8) is 0 Å². The summed E-state index contributed by atoms with van der Waals surface area (Å²) in [5, 5.41) is 2.97. The molecule has 2 rings (SSSR count). The number of hydrogen-bond acceptors (Lipinski definition) is 5. The second kappa shape index (κ2) is 14.7. The molecule has 2 aromatic rings. The molecule has 0 radical (unpaired) electrons. The number of unbranched alkanes of at least 4 members (excludes halogenated alkanes) is 1. The predicted octanol–water partition coefficient (Wildman–Crippen LogP) is 3.69. The normalized spacial score (nSPS) is 11.0. The number of benzene rings is 2. The first-order valence-corrected chi connectivity index (χ1v) is 11.8. The van der Waals surface area contributed by atoms with E-state index < -0.39 is 6.03 Å². The number of primary amides is 1. The fourth-order valence-corrected chi connectivity index (χ4v) is 3.49. The molecule has 0 fully saturated rings. The van der Waals surface area contributed by atoms with Crippen LogP contribution in [0.1, 0.15) is 30.4 Å². The van der Waals surface area contributed by atoms with Crippen LogP contribution in [0.3, 0.4) is 0 Å². The van der Waals surface area contributed by atoms with Gasteiger partial charge in [-0.1, -0.05) is 24.3 Å². The fourth-order valence-electron chi connectivity index (χ4n) is 3.49. The average Bonchev–Trinajstić information content (AvgIpc) is 2.86. The highest BCUT2D eigenvalue weighted by Crippen LogP contribution is 2.22. The SMILES string of the molecule is COc1cc(CCN(C)CCCCNC(=O)C/C=C/c2ccc(N(C)C(N)=O)cc2)cc(OC)c1. The van der Waals surface area contributed by atoms with E-state index in [9.17, 15) is 9.59 Å². The Bertz CT molecular complexity index is 953. The summed E-state index contributed by atoms with van der Waals surface area (Å²) in [4.78, 5) is 26.9. The molecule has 0 atom stereocenters. The molecule has 0 saturated heterocycles. The third kappa shape index (κ3) is 10.1. The Morgan fingerprint density at radius 3 is 2.23 bits per heavy atom. The predicted molar refractivity (Wildman–Crippen MR) is 141 cm³/mol. The summed E-state index contributed by atoms with van der Waals surface area (Å²) < 4.78 is 10.7. The van der Waals surface area contributed by atoms with E-state index in [1.807, 2.05) is 54.6 Å². The van der Waals surface area contributed by atoms with Crippen LogP contribution in [-0.4, -0.2) is 64.8 Å². The minimum Gasteiger partial charge on any atom is -0.497 e. The molecule has 0 aliphatic rings. The molecule has 0 saturated carbocycles. The molecule has 0 bridgehead atoms. The lowest BCUT2D eigenvalue weighted by molar-refractivity contribution is -0.120. The molecule has 35 heavy (non-hydrogen) atoms. The van der Waals surface area contributed by atoms with E-state index in [1.54, 1.807) is 21.3 Å². The van der Waals surface area contributed by atoms with Gasteiger partial charge < -0.3 is 25.4 Å². The van der Waals surface area contributed by atoms with Gasteiger partial charge in [0, 0.05) is 38.3 Å². The summed E-state index contributed by atoms with van der Waals surface area (Å²) in [5.74, 6) is 1.61. The van der Waals surface area contributed by atoms with E-state index in [1.165, 1.54) is 10.5 Å². The van der Waals surface area contributed by atoms with Gasteiger partial charge in [0.05, 0.1) is 14.2 Å². The van der Waals surface area contributed by atoms with Gasteiger partial charge in [0.25, 0.3) is 0 Å². The molecule has 0 aromatic heterocycles. The van der Waals surface area contributed by atoms with E-state index in [0.717, 1.165) is 55.1 Å². The summed E-state index contributed by atoms with van der Waals surface area (Å²) in [6, 6.07) is 12.8. The van der Waals surface area contributed by atoms with Crippen molar-refractivity contribution in [1.82, 2.24) is 10.2 Å². The minimum absolute atomic E-state index is 0.00617. The van der Waals surface area contributed by atoms with E-state index in [-0.39, 0.29) is 5.91 Å². The van der Waals surface area contributed by atoms with Gasteiger partial charge in [-0.2, -0.15) is 0 Å². The van der Waals surface area contributed by atoms with Crippen LogP contribution in [0.25, 0.3) is 6.08 Å². The third-order valence-electron chi connectivity index (χ3n) is 5.71. The van der Waals surface area contributed by atoms with E-state index >= 15 is 0 Å². The molecule has 0 spiro atoms. The summed E-state index contributed by atoms with van der Waals surface area (Å²) in [7, 11) is 7.05. The van der Waals surface area contributed by atoms with E-state index in [4.69, 9.17) is 15.2 Å². The number of amides is 3. The molecule has 8 nitrogen and oxygen atoms in total. The molecule has 2 aromatic carbocycles. The number of carbonyl (C=O) groups is 2. The number of hydrogen-bond donors (Lipinski definition) is 2. The van der Waals surface area contributed by atoms with Crippen molar-refractivity contribution >= 4 is 23.7 Å². The number of ether oxygens (including phenoxy) is 2. The molecule has 8 heteroatoms. The lowest BCUT2D eigenvalue weighted by Gasteiger charge is -2.17. The van der Waals surface area contributed by atoms with Gasteiger partial charge in [0.2, 0.25) is 5.91 Å². The van der Waals surface area contributed by atoms with Crippen molar-refractivity contribution in [3.05, 3.63) is 59.7 Å². The van der Waals surface area contributed by atoms with Crippen LogP contribution in [-0.2, 0) is 11.2 Å². The summed E-state index contributed by atoms with van der Waals surface area (Å²) >= 11 is 0. The van der Waals surface area contributed by atoms with Gasteiger partial charge in [-0.05, 0) is 68.2 Å². The van der Waals surface area contributed by atoms with E-state index in [0.29, 0.717) is 13.0 Å². The van der Waals surface area contributed by atoms with Crippen LogP contribution in [0.5, 0.6) is 11.5 Å². The lowest BCUT2D eigenvalue weighted by atomic mass is 10.1. The Hall–Kier alpha value is -3.52. The Labute approximate surface area is 208 Å². The Morgan fingerprint density at radius 1 is 0.971 bits per heavy atom. The summed E-state index contributed by atoms with van der Waals surface area (Å²) in [6.45, 7) is 2.58. The minimum atomic E-state index is -0.508. The van der Waals surface area contributed by atoms with Crippen LogP contribution in [0, 0.1) is 0 Å². The van der Waals surface area contributed by atoms with Crippen molar-refractivity contribution in [2.45, 2.75) is 25.7 Å². The molecule has 190 valence electrons. The Kier molecular flexibility index (Phi) is 11.6. The number of carbonyl (C=O) groups excluding carboxylic acids is 2. The number of urea groups is 1. The quantitative estimate of drug-likeness (QED) is 0.400. The number of likely N-dealkylation sites (N-methyl/N-ethyl adjacent to an activating group) is 1. The lowest BCUT2D eigenvalue weighted by Crippen LogP contribution is -2.31. The Balaban J connectivity index is 1.60. The highest BCUT2D eigenvalue weighted by atomic mass is 16.5. The van der Waals surface area contributed by atoms with Gasteiger partial charge in [-0.3, -0.25) is 9.69 Å². The van der Waals surface area contributed by atoms with Gasteiger partial charge >= 0.3 is 6.03 Å². The molecule has 3 N–H and O–H groups in total.